The van der Waals surface area contributed by atoms with Gasteiger partial charge in [-0.05, 0) is 71.9 Å². The van der Waals surface area contributed by atoms with Crippen molar-refractivity contribution >= 4 is 37.3 Å². The highest BCUT2D eigenvalue weighted by molar-refractivity contribution is 9.11. The molecule has 1 aliphatic heterocycles. The van der Waals surface area contributed by atoms with E-state index in [9.17, 15) is 23.6 Å². The van der Waals surface area contributed by atoms with Crippen LogP contribution in [0.25, 0.3) is 0 Å². The average molecular weight is 626 g/mol. The number of piperidine rings is 1. The number of thiophene rings is 1. The number of aliphatic hydroxyl groups excluding tert-OH is 1. The molecular weight excluding hydrogens is 592 g/mol. The maximum absolute atomic E-state index is 13.9. The van der Waals surface area contributed by atoms with Gasteiger partial charge in [-0.1, -0.05) is 36.4 Å². The normalized spacial score (nSPS) is 18.3. The van der Waals surface area contributed by atoms with Crippen molar-refractivity contribution in [2.24, 2.45) is 0 Å². The van der Waals surface area contributed by atoms with Gasteiger partial charge in [-0.3, -0.25) is 20.3 Å². The van der Waals surface area contributed by atoms with Crippen molar-refractivity contribution in [2.45, 2.75) is 50.9 Å². The molecule has 12 heteroatoms. The molecule has 38 heavy (non-hydrogen) atoms. The summed E-state index contributed by atoms with van der Waals surface area (Å²) in [5, 5.41) is 25.1. The third-order valence-corrected chi connectivity index (χ3v) is 10.6. The summed E-state index contributed by atoms with van der Waals surface area (Å²) in [5.41, 5.74) is 0.974. The Hall–Kier alpha value is -1.93. The molecule has 9 nitrogen and oxygen atoms in total. The molecule has 4 rings (SSSR count). The summed E-state index contributed by atoms with van der Waals surface area (Å²) in [4.78, 5) is 14.0. The Balaban J connectivity index is 1.45. The quantitative estimate of drug-likeness (QED) is 0.153. The van der Waals surface area contributed by atoms with E-state index in [1.54, 1.807) is 6.08 Å². The number of benzene rings is 1. The summed E-state index contributed by atoms with van der Waals surface area (Å²) < 4.78 is 30.1. The van der Waals surface area contributed by atoms with E-state index < -0.39 is 21.2 Å². The maximum Gasteiger partial charge on any atom is 0.266 e. The highest BCUT2D eigenvalue weighted by Gasteiger charge is 2.38. The first-order valence-corrected chi connectivity index (χ1v) is 15.8. The number of aliphatic hydroxyl groups is 1. The van der Waals surface area contributed by atoms with Gasteiger partial charge in [0.15, 0.2) is 4.91 Å². The van der Waals surface area contributed by atoms with E-state index in [4.69, 9.17) is 0 Å². The van der Waals surface area contributed by atoms with E-state index in [0.717, 1.165) is 28.3 Å². The van der Waals surface area contributed by atoms with Crippen LogP contribution in [0.3, 0.4) is 0 Å². The maximum atomic E-state index is 13.9. The molecule has 1 aliphatic carbocycles. The fraction of sp³-hybridized carbons (Fsp3) is 0.462. The lowest BCUT2D eigenvalue weighted by Crippen LogP contribution is -2.48. The summed E-state index contributed by atoms with van der Waals surface area (Å²) in [6.45, 7) is 2.90. The predicted octanol–water partition coefficient (Wildman–Crippen LogP) is 4.62. The molecule has 2 heterocycles. The van der Waals surface area contributed by atoms with E-state index in [2.05, 4.69) is 38.3 Å². The number of hydrogen-bond donors (Lipinski definition) is 2. The minimum Gasteiger partial charge on any atom is -0.373 e. The van der Waals surface area contributed by atoms with Crippen LogP contribution in [0.15, 0.2) is 69.0 Å². The van der Waals surface area contributed by atoms with Crippen molar-refractivity contribution < 1.29 is 18.4 Å². The summed E-state index contributed by atoms with van der Waals surface area (Å²) >= 11 is 4.81. The smallest absolute Gasteiger partial charge is 0.266 e. The number of halogens is 1. The van der Waals surface area contributed by atoms with Crippen LogP contribution in [-0.2, 0) is 16.6 Å². The third-order valence-electron chi connectivity index (χ3n) is 6.88. The standard InChI is InChI=1S/C26H33BrN4O5S2/c27-25-12-11-23(37-25)26(32)28-15-6-16-30(38(35,36)24-10-5-4-9-22(24)31(33)34)21-13-17-29(18-14-21)19-20-7-2-1-3-8-20/h1-3,5,7-8,10-12,21,26,28,32H,4,6,9,13-19H2. The highest BCUT2D eigenvalue weighted by atomic mass is 79.9. The molecule has 1 fully saturated rings. The molecule has 0 amide bonds. The molecular formula is C26H33BrN4O5S2. The molecule has 2 N–H and O–H groups in total. The average Bonchev–Trinajstić information content (AvgIpc) is 3.36. The van der Waals surface area contributed by atoms with Crippen LogP contribution < -0.4 is 5.32 Å². The molecule has 0 bridgehead atoms. The van der Waals surface area contributed by atoms with Crippen LogP contribution in [0.1, 0.15) is 48.8 Å². The molecule has 0 radical (unpaired) electrons. The van der Waals surface area contributed by atoms with E-state index in [1.165, 1.54) is 27.3 Å². The van der Waals surface area contributed by atoms with Crippen LogP contribution >= 0.6 is 27.3 Å². The van der Waals surface area contributed by atoms with Crippen molar-refractivity contribution in [3.63, 3.8) is 0 Å². The van der Waals surface area contributed by atoms with Gasteiger partial charge in [0.25, 0.3) is 5.70 Å². The molecule has 1 saturated heterocycles. The first-order valence-electron chi connectivity index (χ1n) is 12.7. The zero-order chi connectivity index (χ0) is 27.1. The molecule has 1 aromatic carbocycles. The number of allylic oxidation sites excluding steroid dienone is 3. The van der Waals surface area contributed by atoms with Gasteiger partial charge in [0, 0.05) is 43.5 Å². The van der Waals surface area contributed by atoms with Gasteiger partial charge in [0.2, 0.25) is 10.0 Å². The molecule has 2 aliphatic rings. The Morgan fingerprint density at radius 3 is 2.61 bits per heavy atom. The number of nitro groups is 1. The van der Waals surface area contributed by atoms with Gasteiger partial charge >= 0.3 is 0 Å². The highest BCUT2D eigenvalue weighted by Crippen LogP contribution is 2.31. The monoisotopic (exact) mass is 624 g/mol. The second kappa shape index (κ2) is 13.4. The fourth-order valence-corrected chi connectivity index (χ4v) is 8.28. The van der Waals surface area contributed by atoms with E-state index >= 15 is 0 Å². The van der Waals surface area contributed by atoms with Gasteiger partial charge in [-0.2, -0.15) is 4.31 Å². The Labute approximate surface area is 236 Å². The molecule has 2 aromatic rings. The number of hydrogen-bond acceptors (Lipinski definition) is 8. The van der Waals surface area contributed by atoms with Crippen molar-refractivity contribution in [2.75, 3.05) is 26.2 Å². The predicted molar refractivity (Wildman–Crippen MR) is 152 cm³/mol. The van der Waals surface area contributed by atoms with Crippen LogP contribution in [0.5, 0.6) is 0 Å². The van der Waals surface area contributed by atoms with Crippen molar-refractivity contribution in [1.29, 1.82) is 0 Å². The largest absolute Gasteiger partial charge is 0.373 e. The van der Waals surface area contributed by atoms with Gasteiger partial charge in [-0.15, -0.1) is 11.3 Å². The van der Waals surface area contributed by atoms with Crippen molar-refractivity contribution in [1.82, 2.24) is 14.5 Å². The summed E-state index contributed by atoms with van der Waals surface area (Å²) in [6, 6.07) is 13.6. The second-order valence-corrected chi connectivity index (χ2v) is 13.8. The minimum atomic E-state index is -4.07. The molecule has 1 atom stereocenters. The topological polar surface area (TPSA) is 116 Å². The van der Waals surface area contributed by atoms with Crippen molar-refractivity contribution in [3.05, 3.63) is 89.6 Å². The van der Waals surface area contributed by atoms with Crippen LogP contribution in [-0.4, -0.2) is 59.9 Å². The minimum absolute atomic E-state index is 0.103. The second-order valence-electron chi connectivity index (χ2n) is 9.47. The van der Waals surface area contributed by atoms with E-state index in [0.29, 0.717) is 32.2 Å². The van der Waals surface area contributed by atoms with Crippen LogP contribution in [0.4, 0.5) is 0 Å². The summed E-state index contributed by atoms with van der Waals surface area (Å²) in [6.07, 6.45) is 4.55. The number of nitrogens with zero attached hydrogens (tertiary/aromatic N) is 3. The molecule has 206 valence electrons. The zero-order valence-corrected chi connectivity index (χ0v) is 24.3. The van der Waals surface area contributed by atoms with Gasteiger partial charge in [0.1, 0.15) is 6.23 Å². The fourth-order valence-electron chi connectivity index (χ4n) is 4.93. The third kappa shape index (κ3) is 7.38. The number of sulfonamides is 1. The lowest BCUT2D eigenvalue weighted by molar-refractivity contribution is -0.428. The first kappa shape index (κ1) is 29.1. The zero-order valence-electron chi connectivity index (χ0n) is 21.0. The van der Waals surface area contributed by atoms with Crippen molar-refractivity contribution in [3.8, 4) is 0 Å². The Kier molecular flexibility index (Phi) is 10.3. The SMILES string of the molecule is O=[N+]([O-])C1=C(S(=O)(=O)N(CCCNC(O)c2ccc(Br)s2)C2CCN(Cc3ccccc3)CC2)C=CCC1. The number of likely N-dealkylation sites (tertiary alicyclic amines) is 1. The summed E-state index contributed by atoms with van der Waals surface area (Å²) in [5.74, 6) is 0. The van der Waals surface area contributed by atoms with E-state index in [-0.39, 0.29) is 29.6 Å². The van der Waals surface area contributed by atoms with Gasteiger partial charge in [0.05, 0.1) is 8.71 Å². The molecule has 0 saturated carbocycles. The first-order chi connectivity index (χ1) is 18.3. The van der Waals surface area contributed by atoms with E-state index in [1.807, 2.05) is 30.3 Å². The van der Waals surface area contributed by atoms with Gasteiger partial charge in [-0.25, -0.2) is 8.42 Å². The van der Waals surface area contributed by atoms with Gasteiger partial charge < -0.3 is 5.11 Å². The Morgan fingerprint density at radius 1 is 1.21 bits per heavy atom. The number of rotatable bonds is 12. The lowest BCUT2D eigenvalue weighted by Gasteiger charge is -2.38. The Bertz CT molecular complexity index is 1260. The van der Waals surface area contributed by atoms with Crippen LogP contribution in [0.2, 0.25) is 0 Å². The number of nitrogens with one attached hydrogen (secondary N) is 1. The lowest BCUT2D eigenvalue weighted by atomic mass is 10.0. The summed E-state index contributed by atoms with van der Waals surface area (Å²) in [7, 11) is -4.07. The van der Waals surface area contributed by atoms with Crippen LogP contribution in [0, 0.1) is 10.1 Å². The molecule has 1 aromatic heterocycles. The Morgan fingerprint density at radius 2 is 1.95 bits per heavy atom. The molecule has 1 unspecified atom stereocenters. The molecule has 0 spiro atoms.